The van der Waals surface area contributed by atoms with Crippen molar-refractivity contribution in [3.05, 3.63) is 35.9 Å². The standard InChI is InChI=1S/C23H39O4P/c1-6-11-17-21(20-15-13-12-14-16-20)25-28(24)26-22(7-2,8-3)18-19-23(9-4,10-5)27-28/h12-16,21H,6-11,17-19H2,1-5H3. The summed E-state index contributed by atoms with van der Waals surface area (Å²) in [5, 5.41) is 0. The van der Waals surface area contributed by atoms with Crippen LogP contribution in [0.25, 0.3) is 0 Å². The van der Waals surface area contributed by atoms with Crippen LogP contribution in [-0.4, -0.2) is 11.2 Å². The van der Waals surface area contributed by atoms with E-state index in [1.165, 1.54) is 0 Å². The Bertz CT molecular complexity index is 597. The number of hydrogen-bond donors (Lipinski definition) is 0. The summed E-state index contributed by atoms with van der Waals surface area (Å²) in [7, 11) is -3.73. The van der Waals surface area contributed by atoms with Gasteiger partial charge in [0, 0.05) is 0 Å². The van der Waals surface area contributed by atoms with E-state index in [9.17, 15) is 4.57 Å². The minimum atomic E-state index is -3.73. The van der Waals surface area contributed by atoms with Gasteiger partial charge in [0.25, 0.3) is 0 Å². The molecule has 0 amide bonds. The fourth-order valence-electron chi connectivity index (χ4n) is 4.04. The van der Waals surface area contributed by atoms with E-state index in [0.29, 0.717) is 0 Å². The van der Waals surface area contributed by atoms with Crippen molar-refractivity contribution in [2.45, 2.75) is 110 Å². The van der Waals surface area contributed by atoms with E-state index in [0.717, 1.165) is 63.4 Å². The van der Waals surface area contributed by atoms with E-state index >= 15 is 0 Å². The van der Waals surface area contributed by atoms with Gasteiger partial charge in [-0.2, -0.15) is 0 Å². The first kappa shape index (κ1) is 23.6. The molecule has 1 saturated heterocycles. The van der Waals surface area contributed by atoms with Gasteiger partial charge in [0.1, 0.15) is 0 Å². The second kappa shape index (κ2) is 10.4. The molecule has 2 rings (SSSR count). The average Bonchev–Trinajstić information content (AvgIpc) is 2.87. The molecule has 0 spiro atoms. The highest BCUT2D eigenvalue weighted by Gasteiger charge is 2.50. The van der Waals surface area contributed by atoms with Crippen molar-refractivity contribution in [1.82, 2.24) is 0 Å². The summed E-state index contributed by atoms with van der Waals surface area (Å²) in [6, 6.07) is 10.0. The predicted octanol–water partition coefficient (Wildman–Crippen LogP) is 7.99. The quantitative estimate of drug-likeness (QED) is 0.367. The second-order valence-electron chi connectivity index (χ2n) is 8.06. The van der Waals surface area contributed by atoms with Crippen molar-refractivity contribution >= 4 is 7.82 Å². The van der Waals surface area contributed by atoms with Crippen LogP contribution in [0.2, 0.25) is 0 Å². The first-order valence-corrected chi connectivity index (χ1v) is 12.6. The van der Waals surface area contributed by atoms with Crippen LogP contribution in [0.3, 0.4) is 0 Å². The van der Waals surface area contributed by atoms with Crippen LogP contribution in [0.15, 0.2) is 30.3 Å². The average molecular weight is 411 g/mol. The van der Waals surface area contributed by atoms with Crippen molar-refractivity contribution in [1.29, 1.82) is 0 Å². The molecule has 0 bridgehead atoms. The van der Waals surface area contributed by atoms with Crippen LogP contribution in [0.4, 0.5) is 0 Å². The van der Waals surface area contributed by atoms with E-state index in [1.54, 1.807) is 0 Å². The SMILES string of the molecule is CCCCC(OP1(=O)OC(CC)(CC)CCC(CC)(CC)O1)c1ccccc1. The molecule has 1 heterocycles. The van der Waals surface area contributed by atoms with Crippen molar-refractivity contribution < 1.29 is 18.1 Å². The molecule has 1 aromatic rings. The van der Waals surface area contributed by atoms with E-state index in [1.807, 2.05) is 30.3 Å². The summed E-state index contributed by atoms with van der Waals surface area (Å²) in [6.07, 6.45) is 7.46. The Balaban J connectivity index is 2.38. The Morgan fingerprint density at radius 1 is 0.929 bits per heavy atom. The summed E-state index contributed by atoms with van der Waals surface area (Å²) in [6.45, 7) is 10.6. The lowest BCUT2D eigenvalue weighted by Crippen LogP contribution is -2.31. The molecule has 5 heteroatoms. The highest BCUT2D eigenvalue weighted by molar-refractivity contribution is 7.48. The fraction of sp³-hybridized carbons (Fsp3) is 0.739. The number of hydrogen-bond acceptors (Lipinski definition) is 4. The van der Waals surface area contributed by atoms with Gasteiger partial charge in [-0.25, -0.2) is 4.57 Å². The zero-order chi connectivity index (χ0) is 20.7. The zero-order valence-electron chi connectivity index (χ0n) is 18.4. The van der Waals surface area contributed by atoms with Crippen molar-refractivity contribution in [3.8, 4) is 0 Å². The second-order valence-corrected chi connectivity index (χ2v) is 9.53. The van der Waals surface area contributed by atoms with E-state index in [-0.39, 0.29) is 6.10 Å². The molecule has 1 aliphatic heterocycles. The number of rotatable bonds is 10. The lowest BCUT2D eigenvalue weighted by Gasteiger charge is -2.34. The van der Waals surface area contributed by atoms with Gasteiger partial charge in [0.05, 0.1) is 17.3 Å². The highest BCUT2D eigenvalue weighted by Crippen LogP contribution is 2.64. The van der Waals surface area contributed by atoms with Crippen molar-refractivity contribution in [3.63, 3.8) is 0 Å². The van der Waals surface area contributed by atoms with Crippen molar-refractivity contribution in [2.75, 3.05) is 0 Å². The first-order valence-electron chi connectivity index (χ1n) is 11.1. The van der Waals surface area contributed by atoms with Crippen LogP contribution >= 0.6 is 7.82 Å². The molecule has 1 fully saturated rings. The molecule has 1 unspecified atom stereocenters. The Kier molecular flexibility index (Phi) is 8.76. The minimum Gasteiger partial charge on any atom is -0.280 e. The van der Waals surface area contributed by atoms with Gasteiger partial charge in [-0.15, -0.1) is 0 Å². The Hall–Kier alpha value is -0.670. The lowest BCUT2D eigenvalue weighted by molar-refractivity contribution is -0.0198. The topological polar surface area (TPSA) is 44.8 Å². The molecule has 0 saturated carbocycles. The summed E-state index contributed by atoms with van der Waals surface area (Å²) in [5.41, 5.74) is 0.126. The van der Waals surface area contributed by atoms with Gasteiger partial charge in [0.15, 0.2) is 0 Å². The van der Waals surface area contributed by atoms with Crippen molar-refractivity contribution in [2.24, 2.45) is 0 Å². The summed E-state index contributed by atoms with van der Waals surface area (Å²) in [5.74, 6) is 0. The highest BCUT2D eigenvalue weighted by atomic mass is 31.2. The normalized spacial score (nSPS) is 21.8. The molecule has 0 aliphatic carbocycles. The van der Waals surface area contributed by atoms with Crippen LogP contribution in [0.5, 0.6) is 0 Å². The summed E-state index contributed by atoms with van der Waals surface area (Å²) in [4.78, 5) is 0. The van der Waals surface area contributed by atoms with Crippen LogP contribution in [0, 0.1) is 0 Å². The van der Waals surface area contributed by atoms with Crippen LogP contribution in [-0.2, 0) is 18.1 Å². The maximum atomic E-state index is 14.0. The van der Waals surface area contributed by atoms with Gasteiger partial charge in [-0.1, -0.05) is 77.8 Å². The monoisotopic (exact) mass is 410 g/mol. The van der Waals surface area contributed by atoms with E-state index in [2.05, 4.69) is 34.6 Å². The van der Waals surface area contributed by atoms with Gasteiger partial charge < -0.3 is 0 Å². The largest absolute Gasteiger partial charge is 0.476 e. The molecule has 1 atom stereocenters. The molecular formula is C23H39O4P. The van der Waals surface area contributed by atoms with E-state index < -0.39 is 19.0 Å². The third-order valence-corrected chi connectivity index (χ3v) is 8.21. The molecule has 0 radical (unpaired) electrons. The summed E-state index contributed by atoms with van der Waals surface area (Å²) >= 11 is 0. The number of benzene rings is 1. The first-order chi connectivity index (χ1) is 13.4. The maximum absolute atomic E-state index is 14.0. The summed E-state index contributed by atoms with van der Waals surface area (Å²) < 4.78 is 32.9. The minimum absolute atomic E-state index is 0.289. The molecule has 1 aliphatic rings. The molecule has 0 N–H and O–H groups in total. The molecule has 160 valence electrons. The van der Waals surface area contributed by atoms with Crippen LogP contribution < -0.4 is 0 Å². The van der Waals surface area contributed by atoms with Gasteiger partial charge in [-0.3, -0.25) is 13.6 Å². The third-order valence-electron chi connectivity index (χ3n) is 6.47. The van der Waals surface area contributed by atoms with E-state index in [4.69, 9.17) is 13.6 Å². The molecule has 4 nitrogen and oxygen atoms in total. The maximum Gasteiger partial charge on any atom is 0.476 e. The lowest BCUT2D eigenvalue weighted by atomic mass is 9.84. The molecule has 28 heavy (non-hydrogen) atoms. The Morgan fingerprint density at radius 2 is 1.43 bits per heavy atom. The Morgan fingerprint density at radius 3 is 1.86 bits per heavy atom. The fourth-order valence-corrected chi connectivity index (χ4v) is 6.35. The van der Waals surface area contributed by atoms with Gasteiger partial charge >= 0.3 is 7.82 Å². The number of phosphoric acid groups is 1. The van der Waals surface area contributed by atoms with Gasteiger partial charge in [-0.05, 0) is 50.5 Å². The zero-order valence-corrected chi connectivity index (χ0v) is 19.3. The Labute approximate surface area is 172 Å². The number of unbranched alkanes of at least 4 members (excludes halogenated alkanes) is 1. The molecule has 0 aromatic heterocycles. The molecule has 1 aromatic carbocycles. The van der Waals surface area contributed by atoms with Crippen LogP contribution in [0.1, 0.15) is 104 Å². The third kappa shape index (κ3) is 5.69. The van der Waals surface area contributed by atoms with Gasteiger partial charge in [0.2, 0.25) is 0 Å². The number of phosphoric ester groups is 1. The molecular weight excluding hydrogens is 371 g/mol. The predicted molar refractivity (Wildman–Crippen MR) is 115 cm³/mol. The smallest absolute Gasteiger partial charge is 0.280 e.